The van der Waals surface area contributed by atoms with Gasteiger partial charge >= 0.3 is 5.97 Å². The topological polar surface area (TPSA) is 26.3 Å². The van der Waals surface area contributed by atoms with Crippen molar-refractivity contribution in [2.24, 2.45) is 5.92 Å². The Bertz CT molecular complexity index is 945. The van der Waals surface area contributed by atoms with Gasteiger partial charge in [-0.1, -0.05) is 84.0 Å². The molecule has 0 saturated heterocycles. The molecule has 3 rings (SSSR count). The van der Waals surface area contributed by atoms with Crippen molar-refractivity contribution < 1.29 is 9.53 Å². The van der Waals surface area contributed by atoms with Gasteiger partial charge in [-0.25, -0.2) is 4.79 Å². The zero-order valence-electron chi connectivity index (χ0n) is 20.3. The Hall–Kier alpha value is -2.35. The third-order valence-electron chi connectivity index (χ3n) is 6.88. The van der Waals surface area contributed by atoms with Crippen LogP contribution in [0.15, 0.2) is 48.5 Å². The largest absolute Gasteiger partial charge is 0.465 e. The van der Waals surface area contributed by atoms with Crippen molar-refractivity contribution in [3.63, 3.8) is 0 Å². The van der Waals surface area contributed by atoms with Gasteiger partial charge in [0, 0.05) is 5.92 Å². The second-order valence-corrected chi connectivity index (χ2v) is 10.8. The van der Waals surface area contributed by atoms with Crippen LogP contribution in [0.5, 0.6) is 0 Å². The highest BCUT2D eigenvalue weighted by molar-refractivity contribution is 5.89. The highest BCUT2D eigenvalue weighted by Crippen LogP contribution is 2.46. The van der Waals surface area contributed by atoms with E-state index in [1.165, 1.54) is 36.6 Å². The number of hydrogen-bond donors (Lipinski definition) is 0. The molecule has 31 heavy (non-hydrogen) atoms. The summed E-state index contributed by atoms with van der Waals surface area (Å²) >= 11 is 0. The molecule has 0 N–H and O–H groups in total. The third kappa shape index (κ3) is 5.29. The van der Waals surface area contributed by atoms with Gasteiger partial charge in [-0.2, -0.15) is 0 Å². The average Bonchev–Trinajstić information content (AvgIpc) is 2.74. The molecule has 0 fully saturated rings. The molecule has 0 heterocycles. The van der Waals surface area contributed by atoms with Crippen LogP contribution in [0.3, 0.4) is 0 Å². The lowest BCUT2D eigenvalue weighted by Crippen LogP contribution is -2.34. The van der Waals surface area contributed by atoms with Crippen molar-refractivity contribution in [2.75, 3.05) is 7.11 Å². The Balaban J connectivity index is 1.93. The van der Waals surface area contributed by atoms with Crippen LogP contribution in [0.4, 0.5) is 0 Å². The molecule has 166 valence electrons. The monoisotopic (exact) mass is 418 g/mol. The summed E-state index contributed by atoms with van der Waals surface area (Å²) in [5, 5.41) is 0. The summed E-state index contributed by atoms with van der Waals surface area (Å²) in [6, 6.07) is 14.8. The van der Waals surface area contributed by atoms with Crippen molar-refractivity contribution in [3.05, 3.63) is 76.4 Å². The summed E-state index contributed by atoms with van der Waals surface area (Å²) < 4.78 is 4.80. The zero-order valence-corrected chi connectivity index (χ0v) is 20.3. The van der Waals surface area contributed by atoms with E-state index < -0.39 is 0 Å². The van der Waals surface area contributed by atoms with E-state index in [1.807, 2.05) is 24.3 Å². The molecule has 0 aliphatic heterocycles. The van der Waals surface area contributed by atoms with Crippen molar-refractivity contribution >= 4 is 12.0 Å². The Kier molecular flexibility index (Phi) is 6.79. The molecule has 0 radical (unpaired) electrons. The molecule has 2 nitrogen and oxygen atoms in total. The first-order chi connectivity index (χ1) is 14.5. The number of fused-ring (bicyclic) bond motifs is 1. The van der Waals surface area contributed by atoms with Gasteiger partial charge in [-0.05, 0) is 70.4 Å². The molecule has 1 aliphatic rings. The molecule has 2 aromatic rings. The molecule has 2 aromatic carbocycles. The third-order valence-corrected chi connectivity index (χ3v) is 6.88. The predicted molar refractivity (Wildman–Crippen MR) is 131 cm³/mol. The van der Waals surface area contributed by atoms with Gasteiger partial charge in [0.15, 0.2) is 0 Å². The number of esters is 1. The normalized spacial score (nSPS) is 18.1. The maximum atomic E-state index is 11.7. The van der Waals surface area contributed by atoms with E-state index >= 15 is 0 Å². The van der Waals surface area contributed by atoms with Gasteiger partial charge < -0.3 is 4.74 Å². The second kappa shape index (κ2) is 9.02. The fourth-order valence-corrected chi connectivity index (χ4v) is 4.75. The smallest absolute Gasteiger partial charge is 0.337 e. The maximum absolute atomic E-state index is 11.7. The van der Waals surface area contributed by atoms with Crippen molar-refractivity contribution in [2.45, 2.75) is 77.6 Å². The first-order valence-corrected chi connectivity index (χ1v) is 11.5. The highest BCUT2D eigenvalue weighted by atomic mass is 16.5. The van der Waals surface area contributed by atoms with Gasteiger partial charge in [-0.3, -0.25) is 0 Å². The number of hydrogen-bond acceptors (Lipinski definition) is 2. The van der Waals surface area contributed by atoms with Gasteiger partial charge in [0.25, 0.3) is 0 Å². The molecule has 1 aliphatic carbocycles. The standard InChI is InChI=1S/C29H38O2/c1-20(2)18-23(13-10-21-8-11-22(12-9-21)27(30)31-7)24-14-15-25-26(19-24)29(5,6)17-16-28(25,3)4/h8-15,19-20,23H,16-18H2,1-7H3. The summed E-state index contributed by atoms with van der Waals surface area (Å²) in [7, 11) is 1.41. The summed E-state index contributed by atoms with van der Waals surface area (Å²) in [5.74, 6) is 0.677. The Morgan fingerprint density at radius 2 is 1.58 bits per heavy atom. The van der Waals surface area contributed by atoms with E-state index in [0.717, 1.165) is 12.0 Å². The van der Waals surface area contributed by atoms with Crippen LogP contribution in [0.1, 0.15) is 99.3 Å². The van der Waals surface area contributed by atoms with Crippen molar-refractivity contribution in [1.29, 1.82) is 0 Å². The first-order valence-electron chi connectivity index (χ1n) is 11.5. The van der Waals surface area contributed by atoms with Gasteiger partial charge in [-0.15, -0.1) is 0 Å². The number of ether oxygens (including phenoxy) is 1. The molecule has 2 heteroatoms. The molecule has 0 amide bonds. The van der Waals surface area contributed by atoms with Crippen LogP contribution in [0, 0.1) is 5.92 Å². The average molecular weight is 419 g/mol. The van der Waals surface area contributed by atoms with E-state index in [9.17, 15) is 4.79 Å². The summed E-state index contributed by atoms with van der Waals surface area (Å²) in [5.41, 5.74) is 6.58. The molecular formula is C29H38O2. The SMILES string of the molecule is COC(=O)c1ccc(C=CC(CC(C)C)c2ccc3c(c2)C(C)(C)CCC3(C)C)cc1. The van der Waals surface area contributed by atoms with Gasteiger partial charge in [0.1, 0.15) is 0 Å². The molecule has 1 unspecified atom stereocenters. The van der Waals surface area contributed by atoms with Crippen LogP contribution >= 0.6 is 0 Å². The lowest BCUT2D eigenvalue weighted by Gasteiger charge is -2.42. The van der Waals surface area contributed by atoms with Crippen LogP contribution in [0.2, 0.25) is 0 Å². The minimum atomic E-state index is -0.298. The quantitative estimate of drug-likeness (QED) is 0.450. The number of allylic oxidation sites excluding steroid dienone is 1. The molecule has 0 bridgehead atoms. The second-order valence-electron chi connectivity index (χ2n) is 10.8. The minimum Gasteiger partial charge on any atom is -0.465 e. The Labute approximate surface area is 188 Å². The molecule has 0 saturated carbocycles. The Morgan fingerprint density at radius 1 is 0.968 bits per heavy atom. The zero-order chi connectivity index (χ0) is 22.8. The van der Waals surface area contributed by atoms with Gasteiger partial charge in [0.2, 0.25) is 0 Å². The lowest BCUT2D eigenvalue weighted by atomic mass is 9.62. The summed E-state index contributed by atoms with van der Waals surface area (Å²) in [4.78, 5) is 11.7. The fraction of sp³-hybridized carbons (Fsp3) is 0.483. The van der Waals surface area contributed by atoms with Crippen LogP contribution in [-0.2, 0) is 15.6 Å². The van der Waals surface area contributed by atoms with E-state index in [-0.39, 0.29) is 16.8 Å². The minimum absolute atomic E-state index is 0.219. The fourth-order valence-electron chi connectivity index (χ4n) is 4.75. The summed E-state index contributed by atoms with van der Waals surface area (Å²) in [6.45, 7) is 14.1. The van der Waals surface area contributed by atoms with Gasteiger partial charge in [0.05, 0.1) is 12.7 Å². The number of carbonyl (C=O) groups excluding carboxylic acids is 1. The maximum Gasteiger partial charge on any atom is 0.337 e. The molecule has 0 spiro atoms. The van der Waals surface area contributed by atoms with Crippen molar-refractivity contribution in [1.82, 2.24) is 0 Å². The number of methoxy groups -OCH3 is 1. The summed E-state index contributed by atoms with van der Waals surface area (Å²) in [6.07, 6.45) is 8.09. The number of benzene rings is 2. The van der Waals surface area contributed by atoms with E-state index in [4.69, 9.17) is 4.74 Å². The first kappa shape index (κ1) is 23.3. The Morgan fingerprint density at radius 3 is 2.16 bits per heavy atom. The highest BCUT2D eigenvalue weighted by Gasteiger charge is 2.37. The van der Waals surface area contributed by atoms with E-state index in [0.29, 0.717) is 17.4 Å². The van der Waals surface area contributed by atoms with E-state index in [1.54, 1.807) is 0 Å². The molecular weight excluding hydrogens is 380 g/mol. The van der Waals surface area contributed by atoms with Crippen LogP contribution in [-0.4, -0.2) is 13.1 Å². The number of rotatable bonds is 6. The lowest BCUT2D eigenvalue weighted by molar-refractivity contribution is 0.0600. The van der Waals surface area contributed by atoms with Crippen molar-refractivity contribution in [3.8, 4) is 0 Å². The predicted octanol–water partition coefficient (Wildman–Crippen LogP) is 7.67. The van der Waals surface area contributed by atoms with Crippen LogP contribution < -0.4 is 0 Å². The molecule has 1 atom stereocenters. The molecule has 0 aromatic heterocycles. The van der Waals surface area contributed by atoms with E-state index in [2.05, 4.69) is 71.9 Å². The number of carbonyl (C=O) groups is 1. The van der Waals surface area contributed by atoms with Crippen LogP contribution in [0.25, 0.3) is 6.08 Å².